The molecule has 1 aromatic heterocycles. The van der Waals surface area contributed by atoms with Crippen LogP contribution in [0.5, 0.6) is 0 Å². The molecule has 106 valence electrons. The molecule has 0 atom stereocenters. The second kappa shape index (κ2) is 5.93. The monoisotopic (exact) mass is 262 g/mol. The summed E-state index contributed by atoms with van der Waals surface area (Å²) in [7, 11) is 0. The molecule has 0 radical (unpaired) electrons. The van der Waals surface area contributed by atoms with Crippen molar-refractivity contribution >= 4 is 0 Å². The van der Waals surface area contributed by atoms with E-state index in [-0.39, 0.29) is 5.54 Å². The van der Waals surface area contributed by atoms with Crippen molar-refractivity contribution < 1.29 is 4.42 Å². The number of nitrogens with one attached hydrogen (secondary N) is 1. The molecule has 1 N–H and O–H groups in total. The smallest absolute Gasteiger partial charge is 0.118 e. The van der Waals surface area contributed by atoms with Crippen molar-refractivity contribution in [2.75, 3.05) is 13.1 Å². The van der Waals surface area contributed by atoms with Crippen molar-refractivity contribution in [3.05, 3.63) is 35.3 Å². The van der Waals surface area contributed by atoms with E-state index < -0.39 is 0 Å². The van der Waals surface area contributed by atoms with Gasteiger partial charge >= 0.3 is 0 Å². The van der Waals surface area contributed by atoms with Gasteiger partial charge in [-0.15, -0.1) is 0 Å². The molecule has 0 spiro atoms. The fourth-order valence-electron chi connectivity index (χ4n) is 2.30. The lowest BCUT2D eigenvalue weighted by Crippen LogP contribution is -2.34. The molecular formula is C16H26N2O. The molecule has 0 saturated carbocycles. The Hall–Kier alpha value is -1.06. The largest absolute Gasteiger partial charge is 0.463 e. The number of nitrogens with zero attached hydrogens (tertiary/aromatic N) is 1. The van der Waals surface area contributed by atoms with Gasteiger partial charge in [-0.25, -0.2) is 0 Å². The second-order valence-electron chi connectivity index (χ2n) is 6.52. The first kappa shape index (κ1) is 14.4. The predicted octanol–water partition coefficient (Wildman–Crippen LogP) is 3.32. The van der Waals surface area contributed by atoms with E-state index in [1.807, 2.05) is 0 Å². The molecule has 2 rings (SSSR count). The van der Waals surface area contributed by atoms with Crippen molar-refractivity contribution in [1.29, 1.82) is 0 Å². The average molecular weight is 262 g/mol. The van der Waals surface area contributed by atoms with E-state index in [0.29, 0.717) is 0 Å². The van der Waals surface area contributed by atoms with Crippen LogP contribution in [-0.2, 0) is 13.1 Å². The van der Waals surface area contributed by atoms with Crippen LogP contribution < -0.4 is 5.32 Å². The van der Waals surface area contributed by atoms with Gasteiger partial charge in [-0.1, -0.05) is 11.6 Å². The zero-order valence-electron chi connectivity index (χ0n) is 12.6. The molecule has 3 heteroatoms. The third-order valence-electron chi connectivity index (χ3n) is 3.30. The standard InChI is InChI=1S/C16H26N2O/c1-13-6-5-9-18(11-13)12-15-8-7-14(19-15)10-17-16(2,3)4/h6-8,17H,5,9-12H2,1-4H3. The van der Waals surface area contributed by atoms with Crippen molar-refractivity contribution in [3.8, 4) is 0 Å². The Kier molecular flexibility index (Phi) is 4.48. The summed E-state index contributed by atoms with van der Waals surface area (Å²) in [5.74, 6) is 2.09. The maximum absolute atomic E-state index is 5.89. The van der Waals surface area contributed by atoms with Gasteiger partial charge in [0.15, 0.2) is 0 Å². The molecule has 2 heterocycles. The van der Waals surface area contributed by atoms with Gasteiger partial charge < -0.3 is 9.73 Å². The van der Waals surface area contributed by atoms with Crippen LogP contribution in [0.2, 0.25) is 0 Å². The van der Waals surface area contributed by atoms with Gasteiger partial charge in [0.05, 0.1) is 13.1 Å². The summed E-state index contributed by atoms with van der Waals surface area (Å²) in [6.07, 6.45) is 3.49. The van der Waals surface area contributed by atoms with Crippen molar-refractivity contribution in [2.45, 2.75) is 52.7 Å². The van der Waals surface area contributed by atoms with Crippen LogP contribution in [0, 0.1) is 0 Å². The van der Waals surface area contributed by atoms with Gasteiger partial charge in [-0.3, -0.25) is 4.90 Å². The fraction of sp³-hybridized carbons (Fsp3) is 0.625. The van der Waals surface area contributed by atoms with Gasteiger partial charge in [0.1, 0.15) is 11.5 Å². The van der Waals surface area contributed by atoms with Crippen molar-refractivity contribution in [2.24, 2.45) is 0 Å². The highest BCUT2D eigenvalue weighted by molar-refractivity contribution is 5.10. The van der Waals surface area contributed by atoms with Crippen LogP contribution in [0.25, 0.3) is 0 Å². The lowest BCUT2D eigenvalue weighted by atomic mass is 10.1. The normalized spacial score (nSPS) is 17.6. The summed E-state index contributed by atoms with van der Waals surface area (Å²) in [4.78, 5) is 2.44. The van der Waals surface area contributed by atoms with E-state index in [1.165, 1.54) is 5.57 Å². The Morgan fingerprint density at radius 3 is 2.68 bits per heavy atom. The van der Waals surface area contributed by atoms with E-state index >= 15 is 0 Å². The fourth-order valence-corrected chi connectivity index (χ4v) is 2.30. The minimum absolute atomic E-state index is 0.127. The zero-order valence-corrected chi connectivity index (χ0v) is 12.6. The lowest BCUT2D eigenvalue weighted by molar-refractivity contribution is 0.253. The third-order valence-corrected chi connectivity index (χ3v) is 3.30. The van der Waals surface area contributed by atoms with E-state index in [0.717, 1.165) is 44.1 Å². The molecule has 1 aliphatic rings. The molecule has 3 nitrogen and oxygen atoms in total. The number of hydrogen-bond donors (Lipinski definition) is 1. The van der Waals surface area contributed by atoms with Crippen LogP contribution in [0.4, 0.5) is 0 Å². The zero-order chi connectivity index (χ0) is 13.9. The highest BCUT2D eigenvalue weighted by atomic mass is 16.3. The maximum atomic E-state index is 5.89. The van der Waals surface area contributed by atoms with Gasteiger partial charge in [0.2, 0.25) is 0 Å². The number of rotatable bonds is 4. The van der Waals surface area contributed by atoms with Crippen molar-refractivity contribution in [1.82, 2.24) is 10.2 Å². The Bertz CT molecular complexity index is 440. The maximum Gasteiger partial charge on any atom is 0.118 e. The number of furan rings is 1. The molecule has 0 amide bonds. The lowest BCUT2D eigenvalue weighted by Gasteiger charge is -2.24. The first-order valence-corrected chi connectivity index (χ1v) is 7.13. The second-order valence-corrected chi connectivity index (χ2v) is 6.52. The highest BCUT2D eigenvalue weighted by Gasteiger charge is 2.13. The Morgan fingerprint density at radius 1 is 1.26 bits per heavy atom. The van der Waals surface area contributed by atoms with E-state index in [9.17, 15) is 0 Å². The molecule has 19 heavy (non-hydrogen) atoms. The first-order valence-electron chi connectivity index (χ1n) is 7.13. The highest BCUT2D eigenvalue weighted by Crippen LogP contribution is 2.15. The van der Waals surface area contributed by atoms with E-state index in [2.05, 4.69) is 56.1 Å². The van der Waals surface area contributed by atoms with Crippen LogP contribution in [0.1, 0.15) is 45.6 Å². The average Bonchev–Trinajstić information content (AvgIpc) is 2.73. The van der Waals surface area contributed by atoms with Crippen LogP contribution >= 0.6 is 0 Å². The molecular weight excluding hydrogens is 236 g/mol. The summed E-state index contributed by atoms with van der Waals surface area (Å²) in [6.45, 7) is 12.6. The molecule has 0 aliphatic carbocycles. The molecule has 0 saturated heterocycles. The first-order chi connectivity index (χ1) is 8.92. The molecule has 0 aromatic carbocycles. The summed E-state index contributed by atoms with van der Waals surface area (Å²) < 4.78 is 5.89. The third kappa shape index (κ3) is 4.84. The van der Waals surface area contributed by atoms with Crippen molar-refractivity contribution in [3.63, 3.8) is 0 Å². The Morgan fingerprint density at radius 2 is 2.00 bits per heavy atom. The van der Waals surface area contributed by atoms with E-state index in [4.69, 9.17) is 4.42 Å². The van der Waals surface area contributed by atoms with E-state index in [1.54, 1.807) is 0 Å². The SMILES string of the molecule is CC1=CCCN(Cc2ccc(CNC(C)(C)C)o2)C1. The Labute approximate surface area is 116 Å². The summed E-state index contributed by atoms with van der Waals surface area (Å²) in [6, 6.07) is 4.19. The summed E-state index contributed by atoms with van der Waals surface area (Å²) in [5.41, 5.74) is 1.59. The minimum Gasteiger partial charge on any atom is -0.463 e. The van der Waals surface area contributed by atoms with Gasteiger partial charge in [0, 0.05) is 18.6 Å². The predicted molar refractivity (Wildman–Crippen MR) is 79.0 cm³/mol. The van der Waals surface area contributed by atoms with Gasteiger partial charge in [-0.2, -0.15) is 0 Å². The Balaban J connectivity index is 1.85. The summed E-state index contributed by atoms with van der Waals surface area (Å²) in [5, 5.41) is 3.45. The van der Waals surface area contributed by atoms with Gasteiger partial charge in [-0.05, 0) is 46.2 Å². The van der Waals surface area contributed by atoms with Crippen LogP contribution in [-0.4, -0.2) is 23.5 Å². The van der Waals surface area contributed by atoms with Gasteiger partial charge in [0.25, 0.3) is 0 Å². The molecule has 1 aliphatic heterocycles. The number of hydrogen-bond acceptors (Lipinski definition) is 3. The molecule has 0 bridgehead atoms. The minimum atomic E-state index is 0.127. The molecule has 0 unspecified atom stereocenters. The quantitative estimate of drug-likeness (QED) is 0.844. The van der Waals surface area contributed by atoms with Crippen LogP contribution in [0.3, 0.4) is 0 Å². The summed E-state index contributed by atoms with van der Waals surface area (Å²) >= 11 is 0. The molecule has 1 aromatic rings. The molecule has 0 fully saturated rings. The topological polar surface area (TPSA) is 28.4 Å². The van der Waals surface area contributed by atoms with Crippen LogP contribution in [0.15, 0.2) is 28.2 Å².